The lowest BCUT2D eigenvalue weighted by Crippen LogP contribution is -2.32. The maximum Gasteiger partial charge on any atom is 0.186 e. The van der Waals surface area contributed by atoms with Gasteiger partial charge in [-0.05, 0) is 45.1 Å². The molecule has 0 aromatic carbocycles. The van der Waals surface area contributed by atoms with Crippen LogP contribution in [-0.2, 0) is 0 Å². The number of hydrazone groups is 1. The predicted octanol–water partition coefficient (Wildman–Crippen LogP) is 1.60. The average molecular weight is 236 g/mol. The van der Waals surface area contributed by atoms with Crippen LogP contribution in [-0.4, -0.2) is 22.4 Å². The van der Waals surface area contributed by atoms with Gasteiger partial charge in [0, 0.05) is 12.2 Å². The number of nitrogens with one attached hydrogen (secondary N) is 2. The molecule has 0 saturated heterocycles. The Hall–Kier alpha value is -1.49. The summed E-state index contributed by atoms with van der Waals surface area (Å²) in [6.07, 6.45) is 0. The van der Waals surface area contributed by atoms with E-state index in [-0.39, 0.29) is 0 Å². The van der Waals surface area contributed by atoms with E-state index < -0.39 is 0 Å². The second-order valence-corrected chi connectivity index (χ2v) is 3.74. The summed E-state index contributed by atoms with van der Waals surface area (Å²) < 4.78 is 0. The third kappa shape index (κ3) is 3.94. The van der Waals surface area contributed by atoms with Crippen molar-refractivity contribution in [1.82, 2.24) is 15.7 Å². The molecule has 0 radical (unpaired) electrons. The van der Waals surface area contributed by atoms with Gasteiger partial charge in [0.2, 0.25) is 0 Å². The maximum absolute atomic E-state index is 5.00. The Morgan fingerprint density at radius 2 is 2.25 bits per heavy atom. The summed E-state index contributed by atoms with van der Waals surface area (Å²) in [6, 6.07) is 5.83. The minimum absolute atomic E-state index is 0.523. The first-order chi connectivity index (χ1) is 7.63. The Morgan fingerprint density at radius 3 is 2.88 bits per heavy atom. The molecule has 86 valence electrons. The van der Waals surface area contributed by atoms with Crippen LogP contribution in [0.15, 0.2) is 23.3 Å². The van der Waals surface area contributed by atoms with Crippen LogP contribution in [0.1, 0.15) is 25.2 Å². The highest BCUT2D eigenvalue weighted by Gasteiger charge is 1.99. The molecular weight excluding hydrogens is 220 g/mol. The van der Waals surface area contributed by atoms with Gasteiger partial charge >= 0.3 is 0 Å². The molecule has 0 atom stereocenters. The summed E-state index contributed by atoms with van der Waals surface area (Å²) in [5.41, 5.74) is 5.41. The Balaban J connectivity index is 2.67. The summed E-state index contributed by atoms with van der Waals surface area (Å²) in [7, 11) is 0. The highest BCUT2D eigenvalue weighted by Crippen LogP contribution is 1.99. The quantitative estimate of drug-likeness (QED) is 0.475. The number of aryl methyl sites for hydroxylation is 1. The number of hydrogen-bond donors (Lipinski definition) is 2. The van der Waals surface area contributed by atoms with Crippen molar-refractivity contribution in [2.75, 3.05) is 6.54 Å². The molecule has 0 saturated carbocycles. The van der Waals surface area contributed by atoms with Gasteiger partial charge in [-0.3, -0.25) is 10.4 Å². The molecule has 1 heterocycles. The van der Waals surface area contributed by atoms with Crippen LogP contribution in [0.3, 0.4) is 0 Å². The van der Waals surface area contributed by atoms with Gasteiger partial charge in [-0.15, -0.1) is 0 Å². The van der Waals surface area contributed by atoms with E-state index in [9.17, 15) is 0 Å². The minimum Gasteiger partial charge on any atom is -0.362 e. The van der Waals surface area contributed by atoms with E-state index >= 15 is 0 Å². The van der Waals surface area contributed by atoms with Crippen molar-refractivity contribution in [2.24, 2.45) is 5.10 Å². The average Bonchev–Trinajstić information content (AvgIpc) is 2.26. The van der Waals surface area contributed by atoms with Crippen molar-refractivity contribution in [1.29, 1.82) is 0 Å². The van der Waals surface area contributed by atoms with Crippen molar-refractivity contribution in [3.8, 4) is 0 Å². The smallest absolute Gasteiger partial charge is 0.186 e. The molecule has 0 spiro atoms. The summed E-state index contributed by atoms with van der Waals surface area (Å²) in [4.78, 5) is 4.36. The Bertz CT molecular complexity index is 401. The van der Waals surface area contributed by atoms with Crippen LogP contribution < -0.4 is 10.7 Å². The van der Waals surface area contributed by atoms with Crippen LogP contribution in [0.4, 0.5) is 0 Å². The molecular formula is C11H16N4S. The van der Waals surface area contributed by atoms with Crippen molar-refractivity contribution < 1.29 is 0 Å². The molecule has 0 aliphatic heterocycles. The van der Waals surface area contributed by atoms with Gasteiger partial charge in [0.15, 0.2) is 5.11 Å². The fraction of sp³-hybridized carbons (Fsp3) is 0.364. The van der Waals surface area contributed by atoms with Crippen molar-refractivity contribution in [3.63, 3.8) is 0 Å². The number of pyridine rings is 1. The van der Waals surface area contributed by atoms with Gasteiger partial charge in [-0.1, -0.05) is 6.07 Å². The summed E-state index contributed by atoms with van der Waals surface area (Å²) in [5.74, 6) is 0. The summed E-state index contributed by atoms with van der Waals surface area (Å²) in [6.45, 7) is 6.60. The lowest BCUT2D eigenvalue weighted by atomic mass is 10.2. The highest BCUT2D eigenvalue weighted by molar-refractivity contribution is 7.80. The molecule has 0 fully saturated rings. The first kappa shape index (κ1) is 12.6. The van der Waals surface area contributed by atoms with E-state index in [0.717, 1.165) is 23.6 Å². The fourth-order valence-corrected chi connectivity index (χ4v) is 1.33. The zero-order valence-corrected chi connectivity index (χ0v) is 10.6. The highest BCUT2D eigenvalue weighted by atomic mass is 32.1. The number of nitrogens with zero attached hydrogens (tertiary/aromatic N) is 2. The van der Waals surface area contributed by atoms with Crippen LogP contribution in [0.5, 0.6) is 0 Å². The molecule has 0 amide bonds. The predicted molar refractivity (Wildman–Crippen MR) is 70.6 cm³/mol. The van der Waals surface area contributed by atoms with Crippen LogP contribution in [0.2, 0.25) is 0 Å². The van der Waals surface area contributed by atoms with E-state index in [1.165, 1.54) is 0 Å². The fourth-order valence-electron chi connectivity index (χ4n) is 1.14. The maximum atomic E-state index is 5.00. The van der Waals surface area contributed by atoms with Crippen LogP contribution >= 0.6 is 12.2 Å². The van der Waals surface area contributed by atoms with Gasteiger partial charge in [0.1, 0.15) is 0 Å². The molecule has 4 nitrogen and oxygen atoms in total. The van der Waals surface area contributed by atoms with Crippen LogP contribution in [0.25, 0.3) is 0 Å². The number of thiocarbonyl (C=S) groups is 1. The number of rotatable bonds is 3. The molecule has 0 aliphatic carbocycles. The van der Waals surface area contributed by atoms with Crippen molar-refractivity contribution >= 4 is 23.0 Å². The van der Waals surface area contributed by atoms with E-state index in [4.69, 9.17) is 12.2 Å². The standard InChI is InChI=1S/C11H16N4S/c1-4-12-11(16)15-14-9(3)10-7-5-6-8(2)13-10/h5-7H,4H2,1-3H3,(H2,12,15,16)/b14-9-. The third-order valence-corrected chi connectivity index (χ3v) is 2.16. The Morgan fingerprint density at radius 1 is 1.50 bits per heavy atom. The minimum atomic E-state index is 0.523. The first-order valence-electron chi connectivity index (χ1n) is 5.15. The largest absolute Gasteiger partial charge is 0.362 e. The zero-order chi connectivity index (χ0) is 12.0. The molecule has 1 aromatic rings. The van der Waals surface area contributed by atoms with E-state index in [0.29, 0.717) is 5.11 Å². The topological polar surface area (TPSA) is 49.3 Å². The van der Waals surface area contributed by atoms with Crippen molar-refractivity contribution in [2.45, 2.75) is 20.8 Å². The molecule has 1 aromatic heterocycles. The Kier molecular flexibility index (Phi) is 4.85. The van der Waals surface area contributed by atoms with E-state index in [2.05, 4.69) is 20.8 Å². The van der Waals surface area contributed by atoms with Gasteiger partial charge in [-0.25, -0.2) is 0 Å². The van der Waals surface area contributed by atoms with Crippen LogP contribution in [0, 0.1) is 6.92 Å². The second kappa shape index (κ2) is 6.17. The van der Waals surface area contributed by atoms with Gasteiger partial charge in [0.25, 0.3) is 0 Å². The van der Waals surface area contributed by atoms with Gasteiger partial charge in [0.05, 0.1) is 11.4 Å². The third-order valence-electron chi connectivity index (χ3n) is 1.92. The SMILES string of the molecule is CCNC(=S)N/N=C(/C)c1cccc(C)n1. The molecule has 1 rings (SSSR count). The molecule has 0 aliphatic rings. The molecule has 0 bridgehead atoms. The zero-order valence-electron chi connectivity index (χ0n) is 9.74. The molecule has 0 unspecified atom stereocenters. The first-order valence-corrected chi connectivity index (χ1v) is 5.56. The molecule has 16 heavy (non-hydrogen) atoms. The summed E-state index contributed by atoms with van der Waals surface area (Å²) in [5, 5.41) is 7.63. The molecule has 2 N–H and O–H groups in total. The monoisotopic (exact) mass is 236 g/mol. The molecule has 5 heteroatoms. The van der Waals surface area contributed by atoms with Gasteiger partial charge < -0.3 is 5.32 Å². The Labute approximate surface area is 101 Å². The lowest BCUT2D eigenvalue weighted by molar-refractivity contribution is 0.899. The van der Waals surface area contributed by atoms with Gasteiger partial charge in [-0.2, -0.15) is 5.10 Å². The summed E-state index contributed by atoms with van der Waals surface area (Å²) >= 11 is 5.00. The number of hydrogen-bond acceptors (Lipinski definition) is 3. The second-order valence-electron chi connectivity index (χ2n) is 3.33. The number of aromatic nitrogens is 1. The van der Waals surface area contributed by atoms with E-state index in [1.54, 1.807) is 0 Å². The van der Waals surface area contributed by atoms with E-state index in [1.807, 2.05) is 39.0 Å². The lowest BCUT2D eigenvalue weighted by Gasteiger charge is -2.05. The normalized spacial score (nSPS) is 11.1. The van der Waals surface area contributed by atoms with Crippen molar-refractivity contribution in [3.05, 3.63) is 29.6 Å².